The second-order valence-corrected chi connectivity index (χ2v) is 4.56. The molecule has 94 valence electrons. The van der Waals surface area contributed by atoms with Gasteiger partial charge in [-0.15, -0.1) is 0 Å². The molecule has 0 saturated carbocycles. The zero-order chi connectivity index (χ0) is 12.8. The monoisotopic (exact) mass is 231 g/mol. The van der Waals surface area contributed by atoms with E-state index in [0.717, 1.165) is 6.42 Å². The molecular weight excluding hydrogens is 210 g/mol. The minimum atomic E-state index is -0.617. The van der Waals surface area contributed by atoms with Crippen molar-refractivity contribution in [3.8, 4) is 0 Å². The lowest BCUT2D eigenvalue weighted by Crippen LogP contribution is -2.36. The number of rotatable bonds is 4. The van der Waals surface area contributed by atoms with Crippen LogP contribution in [0.4, 0.5) is 4.79 Å². The average molecular weight is 231 g/mol. The van der Waals surface area contributed by atoms with E-state index >= 15 is 0 Å². The fraction of sp³-hybridized carbons (Fsp3) is 0.818. The van der Waals surface area contributed by atoms with Gasteiger partial charge < -0.3 is 14.8 Å². The van der Waals surface area contributed by atoms with E-state index in [1.54, 1.807) is 27.7 Å². The van der Waals surface area contributed by atoms with Crippen molar-refractivity contribution in [2.45, 2.75) is 52.7 Å². The molecule has 1 amide bonds. The van der Waals surface area contributed by atoms with Crippen LogP contribution in [0.15, 0.2) is 0 Å². The molecule has 5 heteroatoms. The lowest BCUT2D eigenvalue weighted by atomic mass is 10.2. The Bertz CT molecular complexity index is 245. The van der Waals surface area contributed by atoms with Crippen molar-refractivity contribution < 1.29 is 19.1 Å². The number of ether oxygens (including phenoxy) is 2. The van der Waals surface area contributed by atoms with Crippen LogP contribution in [0.5, 0.6) is 0 Å². The SMILES string of the molecule is CCC(C)OC(=O)CNC(=O)OC(C)(C)C. The van der Waals surface area contributed by atoms with Crippen molar-refractivity contribution in [3.05, 3.63) is 0 Å². The van der Waals surface area contributed by atoms with Gasteiger partial charge in [-0.3, -0.25) is 4.79 Å². The molecule has 0 fully saturated rings. The van der Waals surface area contributed by atoms with Crippen LogP contribution in [0.3, 0.4) is 0 Å². The van der Waals surface area contributed by atoms with E-state index in [4.69, 9.17) is 9.47 Å². The number of alkyl carbamates (subject to hydrolysis) is 1. The maximum atomic E-state index is 11.2. The molecule has 0 saturated heterocycles. The van der Waals surface area contributed by atoms with E-state index in [2.05, 4.69) is 5.32 Å². The summed E-state index contributed by atoms with van der Waals surface area (Å²) in [5.74, 6) is -0.458. The minimum absolute atomic E-state index is 0.132. The summed E-state index contributed by atoms with van der Waals surface area (Å²) in [5, 5.41) is 2.33. The fourth-order valence-corrected chi connectivity index (χ4v) is 0.808. The Morgan fingerprint density at radius 3 is 2.31 bits per heavy atom. The van der Waals surface area contributed by atoms with Crippen LogP contribution in [0, 0.1) is 0 Å². The predicted molar refractivity (Wildman–Crippen MR) is 60.1 cm³/mol. The maximum Gasteiger partial charge on any atom is 0.408 e. The Hall–Kier alpha value is -1.26. The van der Waals surface area contributed by atoms with Crippen molar-refractivity contribution in [2.75, 3.05) is 6.54 Å². The van der Waals surface area contributed by atoms with Crippen LogP contribution in [0.2, 0.25) is 0 Å². The first kappa shape index (κ1) is 14.7. The smallest absolute Gasteiger partial charge is 0.408 e. The molecule has 1 unspecified atom stereocenters. The quantitative estimate of drug-likeness (QED) is 0.750. The summed E-state index contributed by atoms with van der Waals surface area (Å²) in [6.45, 7) is 8.81. The first-order chi connectivity index (χ1) is 7.24. The molecule has 0 aromatic heterocycles. The maximum absolute atomic E-state index is 11.2. The Balaban J connectivity index is 3.80. The van der Waals surface area contributed by atoms with Crippen molar-refractivity contribution >= 4 is 12.1 Å². The summed E-state index contributed by atoms with van der Waals surface area (Å²) in [6.07, 6.45) is -0.000384. The molecule has 0 aliphatic rings. The number of amides is 1. The molecular formula is C11H21NO4. The van der Waals surface area contributed by atoms with Gasteiger partial charge in [-0.25, -0.2) is 4.79 Å². The summed E-state index contributed by atoms with van der Waals surface area (Å²) in [4.78, 5) is 22.4. The van der Waals surface area contributed by atoms with Crippen LogP contribution in [-0.4, -0.2) is 30.3 Å². The molecule has 0 aromatic rings. The summed E-state index contributed by atoms with van der Waals surface area (Å²) >= 11 is 0. The number of esters is 1. The fourth-order valence-electron chi connectivity index (χ4n) is 0.808. The molecule has 0 spiro atoms. The molecule has 1 atom stereocenters. The minimum Gasteiger partial charge on any atom is -0.461 e. The van der Waals surface area contributed by atoms with Crippen molar-refractivity contribution in [1.29, 1.82) is 0 Å². The van der Waals surface area contributed by atoms with Crippen LogP contribution in [0.25, 0.3) is 0 Å². The van der Waals surface area contributed by atoms with Gasteiger partial charge in [0.25, 0.3) is 0 Å². The van der Waals surface area contributed by atoms with Gasteiger partial charge in [-0.05, 0) is 34.1 Å². The third-order valence-electron chi connectivity index (χ3n) is 1.68. The Labute approximate surface area is 96.5 Å². The first-order valence-corrected chi connectivity index (χ1v) is 5.41. The highest BCUT2D eigenvalue weighted by Gasteiger charge is 2.17. The topological polar surface area (TPSA) is 64.6 Å². The number of hydrogen-bond donors (Lipinski definition) is 1. The van der Waals surface area contributed by atoms with E-state index in [-0.39, 0.29) is 12.6 Å². The highest BCUT2D eigenvalue weighted by molar-refractivity contribution is 5.78. The molecule has 0 bridgehead atoms. The van der Waals surface area contributed by atoms with Crippen LogP contribution < -0.4 is 5.32 Å². The van der Waals surface area contributed by atoms with Crippen molar-refractivity contribution in [2.24, 2.45) is 0 Å². The normalized spacial score (nSPS) is 12.8. The Morgan fingerprint density at radius 1 is 1.31 bits per heavy atom. The Kier molecular flexibility index (Phi) is 5.85. The van der Waals surface area contributed by atoms with Gasteiger partial charge in [0.15, 0.2) is 0 Å². The van der Waals surface area contributed by atoms with Crippen molar-refractivity contribution in [1.82, 2.24) is 5.32 Å². The van der Waals surface area contributed by atoms with Gasteiger partial charge in [-0.1, -0.05) is 6.92 Å². The van der Waals surface area contributed by atoms with Crippen LogP contribution in [-0.2, 0) is 14.3 Å². The zero-order valence-electron chi connectivity index (χ0n) is 10.6. The van der Waals surface area contributed by atoms with Gasteiger partial charge >= 0.3 is 12.1 Å². The highest BCUT2D eigenvalue weighted by Crippen LogP contribution is 2.06. The molecule has 0 radical (unpaired) electrons. The van der Waals surface area contributed by atoms with E-state index in [0.29, 0.717) is 0 Å². The zero-order valence-corrected chi connectivity index (χ0v) is 10.6. The van der Waals surface area contributed by atoms with Gasteiger partial charge in [-0.2, -0.15) is 0 Å². The van der Waals surface area contributed by atoms with Crippen LogP contribution in [0.1, 0.15) is 41.0 Å². The summed E-state index contributed by atoms with van der Waals surface area (Å²) < 4.78 is 9.93. The van der Waals surface area contributed by atoms with Crippen molar-refractivity contribution in [3.63, 3.8) is 0 Å². The molecule has 0 rings (SSSR count). The van der Waals surface area contributed by atoms with Gasteiger partial charge in [0.05, 0.1) is 6.10 Å². The average Bonchev–Trinajstić information content (AvgIpc) is 2.12. The lowest BCUT2D eigenvalue weighted by Gasteiger charge is -2.19. The van der Waals surface area contributed by atoms with Gasteiger partial charge in [0.2, 0.25) is 0 Å². The molecule has 0 heterocycles. The van der Waals surface area contributed by atoms with Gasteiger partial charge in [0, 0.05) is 0 Å². The molecule has 5 nitrogen and oxygen atoms in total. The number of carbonyl (C=O) groups excluding carboxylic acids is 2. The number of carbonyl (C=O) groups is 2. The number of nitrogens with one attached hydrogen (secondary N) is 1. The standard InChI is InChI=1S/C11H21NO4/c1-6-8(2)15-9(13)7-12-10(14)16-11(3,4)5/h8H,6-7H2,1-5H3,(H,12,14). The van der Waals surface area contributed by atoms with Gasteiger partial charge in [0.1, 0.15) is 12.1 Å². The third-order valence-corrected chi connectivity index (χ3v) is 1.68. The number of hydrogen-bond acceptors (Lipinski definition) is 4. The van der Waals surface area contributed by atoms with E-state index in [1.165, 1.54) is 0 Å². The second kappa shape index (κ2) is 6.35. The summed E-state index contributed by atoms with van der Waals surface area (Å²) in [6, 6.07) is 0. The van der Waals surface area contributed by atoms with E-state index in [9.17, 15) is 9.59 Å². The third kappa shape index (κ3) is 8.08. The molecule has 0 aromatic carbocycles. The summed E-state index contributed by atoms with van der Waals surface area (Å²) in [7, 11) is 0. The molecule has 0 aliphatic heterocycles. The largest absolute Gasteiger partial charge is 0.461 e. The second-order valence-electron chi connectivity index (χ2n) is 4.56. The van der Waals surface area contributed by atoms with E-state index < -0.39 is 17.7 Å². The summed E-state index contributed by atoms with van der Waals surface area (Å²) in [5.41, 5.74) is -0.565. The molecule has 0 aliphatic carbocycles. The van der Waals surface area contributed by atoms with E-state index in [1.807, 2.05) is 6.92 Å². The predicted octanol–water partition coefficient (Wildman–Crippen LogP) is 1.85. The highest BCUT2D eigenvalue weighted by atomic mass is 16.6. The lowest BCUT2D eigenvalue weighted by molar-refractivity contribution is -0.147. The molecule has 16 heavy (non-hydrogen) atoms. The first-order valence-electron chi connectivity index (χ1n) is 5.41. The Morgan fingerprint density at radius 2 is 1.88 bits per heavy atom. The van der Waals surface area contributed by atoms with Crippen LogP contribution >= 0.6 is 0 Å². The molecule has 1 N–H and O–H groups in total.